The number of rotatable bonds is 8. The molecule has 3 nitrogen and oxygen atoms in total. The van der Waals surface area contributed by atoms with Crippen LogP contribution in [-0.4, -0.2) is 25.8 Å². The zero-order valence-corrected chi connectivity index (χ0v) is 12.0. The van der Waals surface area contributed by atoms with Crippen LogP contribution in [0.3, 0.4) is 0 Å². The highest BCUT2D eigenvalue weighted by Crippen LogP contribution is 2.18. The van der Waals surface area contributed by atoms with Gasteiger partial charge in [-0.1, -0.05) is 26.0 Å². The molecule has 1 aromatic rings. The van der Waals surface area contributed by atoms with E-state index < -0.39 is 0 Å². The Bertz CT molecular complexity index is 337. The minimum absolute atomic E-state index is 0.101. The van der Waals surface area contributed by atoms with Gasteiger partial charge in [0.25, 0.3) is 0 Å². The summed E-state index contributed by atoms with van der Waals surface area (Å²) in [6.07, 6.45) is 0.996. The van der Waals surface area contributed by atoms with Crippen LogP contribution in [-0.2, 0) is 11.3 Å². The Kier molecular flexibility index (Phi) is 6.16. The highest BCUT2D eigenvalue weighted by Gasteiger charge is 2.21. The SMILES string of the molecule is CCNCC(C)(CC)OCc1ccc(OC)cc1. The van der Waals surface area contributed by atoms with Crippen molar-refractivity contribution in [2.24, 2.45) is 0 Å². The van der Waals surface area contributed by atoms with Gasteiger partial charge in [-0.05, 0) is 37.6 Å². The van der Waals surface area contributed by atoms with Crippen LogP contribution in [0.5, 0.6) is 5.75 Å². The topological polar surface area (TPSA) is 30.5 Å². The number of ether oxygens (including phenoxy) is 2. The summed E-state index contributed by atoms with van der Waals surface area (Å²) in [5.74, 6) is 0.879. The van der Waals surface area contributed by atoms with E-state index in [0.29, 0.717) is 6.61 Å². The highest BCUT2D eigenvalue weighted by atomic mass is 16.5. The molecular weight excluding hydrogens is 226 g/mol. The summed E-state index contributed by atoms with van der Waals surface area (Å²) in [6, 6.07) is 8.02. The second-order valence-corrected chi connectivity index (χ2v) is 4.72. The third-order valence-electron chi connectivity index (χ3n) is 3.24. The molecule has 0 saturated carbocycles. The van der Waals surface area contributed by atoms with Crippen molar-refractivity contribution in [1.29, 1.82) is 0 Å². The quantitative estimate of drug-likeness (QED) is 0.770. The summed E-state index contributed by atoms with van der Waals surface area (Å²) < 4.78 is 11.2. The number of likely N-dealkylation sites (N-methyl/N-ethyl adjacent to an activating group) is 1. The molecule has 0 heterocycles. The van der Waals surface area contributed by atoms with E-state index in [4.69, 9.17) is 9.47 Å². The Morgan fingerprint density at radius 1 is 1.17 bits per heavy atom. The summed E-state index contributed by atoms with van der Waals surface area (Å²) in [5.41, 5.74) is 1.07. The molecule has 1 atom stereocenters. The fourth-order valence-electron chi connectivity index (χ4n) is 1.65. The molecule has 0 bridgehead atoms. The van der Waals surface area contributed by atoms with Gasteiger partial charge in [-0.2, -0.15) is 0 Å². The van der Waals surface area contributed by atoms with Crippen LogP contribution in [0.4, 0.5) is 0 Å². The first-order chi connectivity index (χ1) is 8.63. The van der Waals surface area contributed by atoms with Crippen LogP contribution >= 0.6 is 0 Å². The molecule has 1 N–H and O–H groups in total. The predicted octanol–water partition coefficient (Wildman–Crippen LogP) is 2.99. The number of nitrogens with one attached hydrogen (secondary N) is 1. The van der Waals surface area contributed by atoms with Crippen molar-refractivity contribution in [3.05, 3.63) is 29.8 Å². The largest absolute Gasteiger partial charge is 0.497 e. The van der Waals surface area contributed by atoms with Gasteiger partial charge in [-0.3, -0.25) is 0 Å². The maximum absolute atomic E-state index is 6.04. The Hall–Kier alpha value is -1.06. The van der Waals surface area contributed by atoms with E-state index in [1.165, 1.54) is 5.56 Å². The smallest absolute Gasteiger partial charge is 0.118 e. The first-order valence-corrected chi connectivity index (χ1v) is 6.61. The van der Waals surface area contributed by atoms with E-state index >= 15 is 0 Å². The third-order valence-corrected chi connectivity index (χ3v) is 3.24. The maximum Gasteiger partial charge on any atom is 0.118 e. The van der Waals surface area contributed by atoms with E-state index in [9.17, 15) is 0 Å². The van der Waals surface area contributed by atoms with Gasteiger partial charge in [0, 0.05) is 6.54 Å². The van der Waals surface area contributed by atoms with Crippen molar-refractivity contribution in [1.82, 2.24) is 5.32 Å². The third kappa shape index (κ3) is 4.67. The van der Waals surface area contributed by atoms with Gasteiger partial charge < -0.3 is 14.8 Å². The zero-order valence-electron chi connectivity index (χ0n) is 12.0. The minimum Gasteiger partial charge on any atom is -0.497 e. The number of hydrogen-bond donors (Lipinski definition) is 1. The van der Waals surface area contributed by atoms with Gasteiger partial charge in [-0.25, -0.2) is 0 Å². The average molecular weight is 251 g/mol. The van der Waals surface area contributed by atoms with E-state index in [2.05, 4.69) is 26.1 Å². The van der Waals surface area contributed by atoms with Crippen molar-refractivity contribution < 1.29 is 9.47 Å². The van der Waals surface area contributed by atoms with Gasteiger partial charge in [0.1, 0.15) is 5.75 Å². The summed E-state index contributed by atoms with van der Waals surface area (Å²) in [4.78, 5) is 0. The van der Waals surface area contributed by atoms with Crippen LogP contribution in [0.25, 0.3) is 0 Å². The minimum atomic E-state index is -0.101. The molecule has 0 fully saturated rings. The van der Waals surface area contributed by atoms with Gasteiger partial charge in [0.15, 0.2) is 0 Å². The number of benzene rings is 1. The molecule has 102 valence electrons. The molecule has 18 heavy (non-hydrogen) atoms. The van der Waals surface area contributed by atoms with Crippen molar-refractivity contribution in [2.75, 3.05) is 20.2 Å². The Morgan fingerprint density at radius 3 is 2.33 bits per heavy atom. The second-order valence-electron chi connectivity index (χ2n) is 4.72. The molecule has 0 saturated heterocycles. The van der Waals surface area contributed by atoms with Crippen molar-refractivity contribution in [3.63, 3.8) is 0 Å². The molecule has 1 unspecified atom stereocenters. The van der Waals surface area contributed by atoms with Crippen LogP contribution in [0.2, 0.25) is 0 Å². The molecule has 0 radical (unpaired) electrons. The summed E-state index contributed by atoms with van der Waals surface area (Å²) in [6.45, 7) is 8.92. The molecule has 0 aliphatic rings. The van der Waals surface area contributed by atoms with Crippen LogP contribution in [0.1, 0.15) is 32.8 Å². The fraction of sp³-hybridized carbons (Fsp3) is 0.600. The van der Waals surface area contributed by atoms with Crippen molar-refractivity contribution in [2.45, 2.75) is 39.4 Å². The fourth-order valence-corrected chi connectivity index (χ4v) is 1.65. The number of hydrogen-bond acceptors (Lipinski definition) is 3. The lowest BCUT2D eigenvalue weighted by molar-refractivity contribution is -0.0440. The monoisotopic (exact) mass is 251 g/mol. The summed E-state index contributed by atoms with van der Waals surface area (Å²) in [7, 11) is 1.68. The zero-order chi connectivity index (χ0) is 13.4. The maximum atomic E-state index is 6.04. The molecule has 0 aliphatic carbocycles. The highest BCUT2D eigenvalue weighted by molar-refractivity contribution is 5.26. The van der Waals surface area contributed by atoms with E-state index in [1.54, 1.807) is 7.11 Å². The molecule has 3 heteroatoms. The number of methoxy groups -OCH3 is 1. The molecule has 0 spiro atoms. The lowest BCUT2D eigenvalue weighted by atomic mass is 10.0. The predicted molar refractivity (Wildman–Crippen MR) is 75.0 cm³/mol. The molecule has 0 aromatic heterocycles. The summed E-state index contributed by atoms with van der Waals surface area (Å²) in [5, 5.41) is 3.35. The van der Waals surface area contributed by atoms with E-state index in [0.717, 1.165) is 25.3 Å². The molecule has 0 amide bonds. The first-order valence-electron chi connectivity index (χ1n) is 6.61. The van der Waals surface area contributed by atoms with E-state index in [1.807, 2.05) is 24.3 Å². The van der Waals surface area contributed by atoms with Crippen molar-refractivity contribution >= 4 is 0 Å². The second kappa shape index (κ2) is 7.39. The Morgan fingerprint density at radius 2 is 1.83 bits per heavy atom. The Labute approximate surface area is 110 Å². The van der Waals surface area contributed by atoms with Crippen molar-refractivity contribution in [3.8, 4) is 5.75 Å². The lowest BCUT2D eigenvalue weighted by Crippen LogP contribution is -2.39. The van der Waals surface area contributed by atoms with Gasteiger partial charge in [0.2, 0.25) is 0 Å². The molecular formula is C15H25NO2. The standard InChI is InChI=1S/C15H25NO2/c1-5-15(3,12-16-6-2)18-11-13-7-9-14(17-4)10-8-13/h7-10,16H,5-6,11-12H2,1-4H3. The first kappa shape index (κ1) is 15.0. The lowest BCUT2D eigenvalue weighted by Gasteiger charge is -2.29. The summed E-state index contributed by atoms with van der Waals surface area (Å²) >= 11 is 0. The Balaban J connectivity index is 2.50. The normalized spacial score (nSPS) is 14.2. The van der Waals surface area contributed by atoms with Gasteiger partial charge in [0.05, 0.1) is 19.3 Å². The average Bonchev–Trinajstić information content (AvgIpc) is 2.43. The molecule has 1 rings (SSSR count). The van der Waals surface area contributed by atoms with Crippen LogP contribution in [0, 0.1) is 0 Å². The molecule has 1 aromatic carbocycles. The molecule has 0 aliphatic heterocycles. The van der Waals surface area contributed by atoms with Gasteiger partial charge >= 0.3 is 0 Å². The van der Waals surface area contributed by atoms with Crippen LogP contribution in [0.15, 0.2) is 24.3 Å². The van der Waals surface area contributed by atoms with E-state index in [-0.39, 0.29) is 5.60 Å². The van der Waals surface area contributed by atoms with Gasteiger partial charge in [-0.15, -0.1) is 0 Å². The van der Waals surface area contributed by atoms with Crippen LogP contribution < -0.4 is 10.1 Å².